The number of anilines is 1. The van der Waals surface area contributed by atoms with Crippen molar-refractivity contribution in [1.82, 2.24) is 0 Å². The Morgan fingerprint density at radius 3 is 2.88 bits per heavy atom. The largest absolute Gasteiger partial charge is 0.376 e. The van der Waals surface area contributed by atoms with Crippen molar-refractivity contribution in [2.75, 3.05) is 5.32 Å². The standard InChI is InChI=1S/C12H13FN2O2/c1-3-5-10(4-2)14-11-8-9(13)6-7-12(11)15(16)17/h1,6-8,10,14H,4-5H2,2H3. The fourth-order valence-corrected chi connectivity index (χ4v) is 1.44. The number of halogens is 1. The molecule has 1 unspecified atom stereocenters. The minimum absolute atomic E-state index is 0.0968. The highest BCUT2D eigenvalue weighted by atomic mass is 19.1. The Bertz CT molecular complexity index is 454. The Balaban J connectivity index is 2.99. The van der Waals surface area contributed by atoms with Gasteiger partial charge in [-0.1, -0.05) is 6.92 Å². The Labute approximate surface area is 99.0 Å². The number of terminal acetylenes is 1. The second-order valence-corrected chi connectivity index (χ2v) is 3.58. The van der Waals surface area contributed by atoms with Gasteiger partial charge in [-0.15, -0.1) is 12.3 Å². The molecule has 0 heterocycles. The highest BCUT2D eigenvalue weighted by Gasteiger charge is 2.16. The van der Waals surface area contributed by atoms with E-state index in [2.05, 4.69) is 11.2 Å². The van der Waals surface area contributed by atoms with Crippen molar-refractivity contribution in [2.24, 2.45) is 0 Å². The molecule has 5 heteroatoms. The molecule has 0 aromatic heterocycles. The van der Waals surface area contributed by atoms with E-state index < -0.39 is 10.7 Å². The van der Waals surface area contributed by atoms with Crippen LogP contribution in [0.1, 0.15) is 19.8 Å². The first-order valence-corrected chi connectivity index (χ1v) is 5.22. The Hall–Kier alpha value is -2.09. The van der Waals surface area contributed by atoms with Gasteiger partial charge in [-0.25, -0.2) is 4.39 Å². The summed E-state index contributed by atoms with van der Waals surface area (Å²) in [5.74, 6) is 1.96. The first-order valence-electron chi connectivity index (χ1n) is 5.22. The maximum Gasteiger partial charge on any atom is 0.292 e. The Morgan fingerprint density at radius 2 is 2.35 bits per heavy atom. The predicted molar refractivity (Wildman–Crippen MR) is 64.2 cm³/mol. The third kappa shape index (κ3) is 3.45. The second-order valence-electron chi connectivity index (χ2n) is 3.58. The average Bonchev–Trinajstić information content (AvgIpc) is 2.28. The van der Waals surface area contributed by atoms with Gasteiger partial charge in [-0.3, -0.25) is 10.1 Å². The minimum atomic E-state index is -0.551. The first kappa shape index (κ1) is 13.0. The predicted octanol–water partition coefficient (Wildman–Crippen LogP) is 2.95. The van der Waals surface area contributed by atoms with Gasteiger partial charge in [0.05, 0.1) is 4.92 Å². The lowest BCUT2D eigenvalue weighted by molar-refractivity contribution is -0.384. The topological polar surface area (TPSA) is 55.2 Å². The van der Waals surface area contributed by atoms with Gasteiger partial charge in [0.2, 0.25) is 0 Å². The van der Waals surface area contributed by atoms with Crippen LogP contribution in [0.3, 0.4) is 0 Å². The van der Waals surface area contributed by atoms with Gasteiger partial charge in [0, 0.05) is 24.6 Å². The van der Waals surface area contributed by atoms with Crippen molar-refractivity contribution in [1.29, 1.82) is 0 Å². The summed E-state index contributed by atoms with van der Waals surface area (Å²) in [6.45, 7) is 1.90. The van der Waals surface area contributed by atoms with Gasteiger partial charge in [0.25, 0.3) is 5.69 Å². The molecule has 1 aromatic carbocycles. The molecule has 1 atom stereocenters. The molecule has 17 heavy (non-hydrogen) atoms. The van der Waals surface area contributed by atoms with E-state index in [0.29, 0.717) is 12.8 Å². The van der Waals surface area contributed by atoms with Crippen LogP contribution >= 0.6 is 0 Å². The van der Waals surface area contributed by atoms with E-state index >= 15 is 0 Å². The summed E-state index contributed by atoms with van der Waals surface area (Å²) in [7, 11) is 0. The average molecular weight is 236 g/mol. The van der Waals surface area contributed by atoms with Crippen molar-refractivity contribution in [3.8, 4) is 12.3 Å². The lowest BCUT2D eigenvalue weighted by Crippen LogP contribution is -2.18. The fourth-order valence-electron chi connectivity index (χ4n) is 1.44. The van der Waals surface area contributed by atoms with Crippen molar-refractivity contribution in [3.63, 3.8) is 0 Å². The van der Waals surface area contributed by atoms with E-state index in [1.807, 2.05) is 6.92 Å². The zero-order chi connectivity index (χ0) is 12.8. The number of nitrogens with one attached hydrogen (secondary N) is 1. The number of nitro benzene ring substituents is 1. The number of benzene rings is 1. The van der Waals surface area contributed by atoms with E-state index in [9.17, 15) is 14.5 Å². The van der Waals surface area contributed by atoms with Crippen LogP contribution < -0.4 is 5.32 Å². The van der Waals surface area contributed by atoms with Crippen LogP contribution in [0.5, 0.6) is 0 Å². The van der Waals surface area contributed by atoms with E-state index in [1.165, 1.54) is 0 Å². The first-order chi connectivity index (χ1) is 8.08. The number of nitro groups is 1. The van der Waals surface area contributed by atoms with Gasteiger partial charge in [-0.05, 0) is 12.5 Å². The highest BCUT2D eigenvalue weighted by molar-refractivity contribution is 5.61. The molecule has 90 valence electrons. The molecular weight excluding hydrogens is 223 g/mol. The van der Waals surface area contributed by atoms with Crippen LogP contribution in [0.25, 0.3) is 0 Å². The minimum Gasteiger partial charge on any atom is -0.376 e. The molecule has 0 aliphatic rings. The van der Waals surface area contributed by atoms with E-state index in [1.54, 1.807) is 0 Å². The molecule has 4 nitrogen and oxygen atoms in total. The summed E-state index contributed by atoms with van der Waals surface area (Å²) in [5.41, 5.74) is 0.0129. The van der Waals surface area contributed by atoms with Gasteiger partial charge >= 0.3 is 0 Å². The van der Waals surface area contributed by atoms with Crippen LogP contribution in [0.2, 0.25) is 0 Å². The lowest BCUT2D eigenvalue weighted by Gasteiger charge is -2.15. The van der Waals surface area contributed by atoms with Gasteiger partial charge in [0.1, 0.15) is 11.5 Å². The molecule has 1 rings (SSSR count). The fraction of sp³-hybridized carbons (Fsp3) is 0.333. The second kappa shape index (κ2) is 5.85. The lowest BCUT2D eigenvalue weighted by atomic mass is 10.1. The molecule has 0 fully saturated rings. The number of hydrogen-bond acceptors (Lipinski definition) is 3. The van der Waals surface area contributed by atoms with Crippen LogP contribution in [0, 0.1) is 28.3 Å². The number of hydrogen-bond donors (Lipinski definition) is 1. The maximum atomic E-state index is 13.0. The van der Waals surface area contributed by atoms with Gasteiger partial charge < -0.3 is 5.32 Å². The molecule has 0 saturated heterocycles. The van der Waals surface area contributed by atoms with Crippen molar-refractivity contribution in [3.05, 3.63) is 34.1 Å². The van der Waals surface area contributed by atoms with Crippen LogP contribution in [-0.2, 0) is 0 Å². The van der Waals surface area contributed by atoms with Gasteiger partial charge in [-0.2, -0.15) is 0 Å². The smallest absolute Gasteiger partial charge is 0.292 e. The highest BCUT2D eigenvalue weighted by Crippen LogP contribution is 2.26. The zero-order valence-corrected chi connectivity index (χ0v) is 9.44. The van der Waals surface area contributed by atoms with Crippen molar-refractivity contribution in [2.45, 2.75) is 25.8 Å². The molecule has 0 aliphatic heterocycles. The molecule has 0 radical (unpaired) electrons. The molecular formula is C12H13FN2O2. The van der Waals surface area contributed by atoms with Crippen LogP contribution in [0.15, 0.2) is 18.2 Å². The van der Waals surface area contributed by atoms with Crippen molar-refractivity contribution < 1.29 is 9.31 Å². The quantitative estimate of drug-likeness (QED) is 0.486. The Morgan fingerprint density at radius 1 is 1.65 bits per heavy atom. The molecule has 0 aliphatic carbocycles. The van der Waals surface area contributed by atoms with E-state index in [-0.39, 0.29) is 17.4 Å². The monoisotopic (exact) mass is 236 g/mol. The molecule has 1 aromatic rings. The Kier molecular flexibility index (Phi) is 4.46. The maximum absolute atomic E-state index is 13.0. The van der Waals surface area contributed by atoms with E-state index in [4.69, 9.17) is 6.42 Å². The molecule has 0 saturated carbocycles. The summed E-state index contributed by atoms with van der Waals surface area (Å²) >= 11 is 0. The summed E-state index contributed by atoms with van der Waals surface area (Å²) in [5, 5.41) is 13.7. The van der Waals surface area contributed by atoms with Gasteiger partial charge in [0.15, 0.2) is 0 Å². The molecule has 0 bridgehead atoms. The summed E-state index contributed by atoms with van der Waals surface area (Å²) < 4.78 is 13.0. The van der Waals surface area contributed by atoms with Crippen LogP contribution in [0.4, 0.5) is 15.8 Å². The molecule has 1 N–H and O–H groups in total. The SMILES string of the molecule is C#CCC(CC)Nc1cc(F)ccc1[N+](=O)[O-]. The summed E-state index contributed by atoms with van der Waals surface area (Å²) in [4.78, 5) is 10.2. The third-order valence-electron chi connectivity index (χ3n) is 2.37. The van der Waals surface area contributed by atoms with Crippen LogP contribution in [-0.4, -0.2) is 11.0 Å². The number of nitrogens with zero attached hydrogens (tertiary/aromatic N) is 1. The molecule has 0 amide bonds. The summed E-state index contributed by atoms with van der Waals surface area (Å²) in [6.07, 6.45) is 6.33. The molecule has 0 spiro atoms. The van der Waals surface area contributed by atoms with Crippen molar-refractivity contribution >= 4 is 11.4 Å². The normalized spacial score (nSPS) is 11.6. The third-order valence-corrected chi connectivity index (χ3v) is 2.37. The zero-order valence-electron chi connectivity index (χ0n) is 9.44. The van der Waals surface area contributed by atoms with E-state index in [0.717, 1.165) is 18.2 Å². The number of rotatable bonds is 5. The summed E-state index contributed by atoms with van der Waals surface area (Å²) in [6, 6.07) is 3.21.